The van der Waals surface area contributed by atoms with E-state index in [0.29, 0.717) is 17.0 Å². The molecule has 0 saturated carbocycles. The molecule has 0 aliphatic carbocycles. The highest BCUT2D eigenvalue weighted by Crippen LogP contribution is 2.16. The molecule has 0 fully saturated rings. The molecule has 0 aromatic heterocycles. The first-order valence-corrected chi connectivity index (χ1v) is 7.19. The summed E-state index contributed by atoms with van der Waals surface area (Å²) in [7, 11) is -0.913. The number of anilines is 1. The molecule has 0 saturated heterocycles. The lowest BCUT2D eigenvalue weighted by molar-refractivity contribution is 0.627. The summed E-state index contributed by atoms with van der Waals surface area (Å²) in [4.78, 5) is 0.165. The van der Waals surface area contributed by atoms with E-state index in [1.807, 2.05) is 6.92 Å². The van der Waals surface area contributed by atoms with Crippen LogP contribution < -0.4 is 11.1 Å². The number of halogens is 1. The fraction of sp³-hybridized carbons (Fsp3) is 0.364. The van der Waals surface area contributed by atoms with Gasteiger partial charge in [0, 0.05) is 34.4 Å². The summed E-state index contributed by atoms with van der Waals surface area (Å²) in [6, 6.07) is 4.47. The molecule has 1 aromatic carbocycles. The summed E-state index contributed by atoms with van der Waals surface area (Å²) < 4.78 is 24.7. The highest BCUT2D eigenvalue weighted by molar-refractivity contribution is 7.84. The van der Waals surface area contributed by atoms with Crippen LogP contribution >= 0.6 is 12.2 Å². The Morgan fingerprint density at radius 3 is 2.76 bits per heavy atom. The second-order valence-corrected chi connectivity index (χ2v) is 5.76. The number of nitrogens with two attached hydrogens (primary N) is 1. The van der Waals surface area contributed by atoms with Gasteiger partial charge in [-0.05, 0) is 25.1 Å². The van der Waals surface area contributed by atoms with Gasteiger partial charge in [-0.1, -0.05) is 12.2 Å². The van der Waals surface area contributed by atoms with E-state index in [4.69, 9.17) is 18.0 Å². The molecule has 0 bridgehead atoms. The average molecular weight is 274 g/mol. The molecule has 0 aliphatic rings. The van der Waals surface area contributed by atoms with Crippen LogP contribution in [-0.2, 0) is 10.8 Å². The molecule has 94 valence electrons. The third-order valence-corrected chi connectivity index (χ3v) is 3.35. The number of hydrogen-bond acceptors (Lipinski definition) is 3. The Labute approximate surface area is 108 Å². The summed E-state index contributed by atoms with van der Waals surface area (Å²) in [6.45, 7) is 1.85. The van der Waals surface area contributed by atoms with Gasteiger partial charge in [-0.3, -0.25) is 4.21 Å². The number of rotatable bonds is 5. The third kappa shape index (κ3) is 4.40. The normalized spacial score (nSPS) is 14.1. The van der Waals surface area contributed by atoms with E-state index < -0.39 is 16.6 Å². The molecule has 3 nitrogen and oxygen atoms in total. The quantitative estimate of drug-likeness (QED) is 0.802. The lowest BCUT2D eigenvalue weighted by Crippen LogP contribution is -2.23. The maximum atomic E-state index is 13.7. The van der Waals surface area contributed by atoms with E-state index in [2.05, 4.69) is 5.32 Å². The van der Waals surface area contributed by atoms with Gasteiger partial charge in [0.25, 0.3) is 0 Å². The largest absolute Gasteiger partial charge is 0.389 e. The van der Waals surface area contributed by atoms with Crippen LogP contribution in [0.5, 0.6) is 0 Å². The highest BCUT2D eigenvalue weighted by Gasteiger charge is 2.09. The number of hydrogen-bond donors (Lipinski definition) is 2. The Hall–Kier alpha value is -1.01. The summed E-state index contributed by atoms with van der Waals surface area (Å²) in [5.74, 6) is 0.0558. The van der Waals surface area contributed by atoms with Crippen LogP contribution in [0.15, 0.2) is 18.2 Å². The third-order valence-electron chi connectivity index (χ3n) is 2.14. The Balaban J connectivity index is 2.79. The molecule has 2 atom stereocenters. The summed E-state index contributed by atoms with van der Waals surface area (Å²) in [5, 5.41) is 2.96. The van der Waals surface area contributed by atoms with Crippen LogP contribution in [0.3, 0.4) is 0 Å². The molecule has 0 heterocycles. The van der Waals surface area contributed by atoms with Gasteiger partial charge in [0.1, 0.15) is 10.8 Å². The first kappa shape index (κ1) is 14.1. The molecular weight excluding hydrogens is 259 g/mol. The monoisotopic (exact) mass is 274 g/mol. The van der Waals surface area contributed by atoms with Gasteiger partial charge in [0.15, 0.2) is 0 Å². The molecule has 6 heteroatoms. The van der Waals surface area contributed by atoms with Crippen LogP contribution in [0.2, 0.25) is 0 Å². The number of benzene rings is 1. The molecule has 2 unspecified atom stereocenters. The van der Waals surface area contributed by atoms with Crippen molar-refractivity contribution >= 4 is 33.7 Å². The maximum Gasteiger partial charge on any atom is 0.146 e. The Morgan fingerprint density at radius 1 is 1.65 bits per heavy atom. The van der Waals surface area contributed by atoms with E-state index >= 15 is 0 Å². The van der Waals surface area contributed by atoms with Gasteiger partial charge in [-0.15, -0.1) is 0 Å². The zero-order valence-electron chi connectivity index (χ0n) is 9.70. The second-order valence-electron chi connectivity index (χ2n) is 3.84. The maximum absolute atomic E-state index is 13.7. The standard InChI is InChI=1S/C11H15FN2OS2/c1-7(6-17(2)15)14-10-4-3-8(11(13)16)5-9(10)12/h3-5,7,14H,6H2,1-2H3,(H2,13,16). The predicted octanol–water partition coefficient (Wildman–Crippen LogP) is 1.64. The van der Waals surface area contributed by atoms with Gasteiger partial charge in [-0.25, -0.2) is 4.39 Å². The van der Waals surface area contributed by atoms with Crippen molar-refractivity contribution in [3.8, 4) is 0 Å². The van der Waals surface area contributed by atoms with E-state index in [0.717, 1.165) is 0 Å². The molecule has 0 aliphatic heterocycles. The van der Waals surface area contributed by atoms with Crippen molar-refractivity contribution in [1.29, 1.82) is 0 Å². The van der Waals surface area contributed by atoms with E-state index in [1.54, 1.807) is 18.4 Å². The number of thiocarbonyl (C=S) groups is 1. The van der Waals surface area contributed by atoms with Crippen molar-refractivity contribution in [2.75, 3.05) is 17.3 Å². The highest BCUT2D eigenvalue weighted by atomic mass is 32.2. The Bertz CT molecular complexity index is 451. The van der Waals surface area contributed by atoms with E-state index in [9.17, 15) is 8.60 Å². The molecule has 0 spiro atoms. The van der Waals surface area contributed by atoms with E-state index in [1.165, 1.54) is 6.07 Å². The minimum absolute atomic E-state index is 0.0639. The van der Waals surface area contributed by atoms with Crippen LogP contribution in [0.25, 0.3) is 0 Å². The first-order valence-electron chi connectivity index (χ1n) is 5.06. The van der Waals surface area contributed by atoms with Crippen molar-refractivity contribution < 1.29 is 8.60 Å². The molecule has 17 heavy (non-hydrogen) atoms. The molecular formula is C11H15FN2OS2. The minimum atomic E-state index is -0.913. The van der Waals surface area contributed by atoms with Crippen molar-refractivity contribution in [1.82, 2.24) is 0 Å². The summed E-state index contributed by atoms with van der Waals surface area (Å²) in [6.07, 6.45) is 1.62. The van der Waals surface area contributed by atoms with Crippen LogP contribution in [0.1, 0.15) is 12.5 Å². The zero-order valence-corrected chi connectivity index (χ0v) is 11.3. The smallest absolute Gasteiger partial charge is 0.146 e. The molecule has 1 rings (SSSR count). The lowest BCUT2D eigenvalue weighted by Gasteiger charge is -2.15. The fourth-order valence-corrected chi connectivity index (χ4v) is 2.36. The van der Waals surface area contributed by atoms with Crippen molar-refractivity contribution in [2.45, 2.75) is 13.0 Å². The van der Waals surface area contributed by atoms with Crippen molar-refractivity contribution in [3.63, 3.8) is 0 Å². The molecule has 1 aromatic rings. The average Bonchev–Trinajstić information content (AvgIpc) is 2.19. The van der Waals surface area contributed by atoms with Gasteiger partial charge < -0.3 is 11.1 Å². The van der Waals surface area contributed by atoms with Gasteiger partial charge in [0.05, 0.1) is 5.69 Å². The topological polar surface area (TPSA) is 55.1 Å². The summed E-state index contributed by atoms with van der Waals surface area (Å²) >= 11 is 4.76. The first-order chi connectivity index (χ1) is 7.90. The fourth-order valence-electron chi connectivity index (χ4n) is 1.44. The van der Waals surface area contributed by atoms with Crippen LogP contribution in [-0.4, -0.2) is 27.2 Å². The second kappa shape index (κ2) is 6.07. The van der Waals surface area contributed by atoms with Crippen molar-refractivity contribution in [3.05, 3.63) is 29.6 Å². The predicted molar refractivity (Wildman–Crippen MR) is 74.3 cm³/mol. The van der Waals surface area contributed by atoms with E-state index in [-0.39, 0.29) is 11.0 Å². The van der Waals surface area contributed by atoms with Crippen LogP contribution in [0, 0.1) is 5.82 Å². The van der Waals surface area contributed by atoms with Crippen molar-refractivity contribution in [2.24, 2.45) is 5.73 Å². The minimum Gasteiger partial charge on any atom is -0.389 e. The molecule has 0 radical (unpaired) electrons. The van der Waals surface area contributed by atoms with Gasteiger partial charge >= 0.3 is 0 Å². The van der Waals surface area contributed by atoms with Gasteiger partial charge in [0.2, 0.25) is 0 Å². The Morgan fingerprint density at radius 2 is 2.29 bits per heavy atom. The van der Waals surface area contributed by atoms with Gasteiger partial charge in [-0.2, -0.15) is 0 Å². The molecule has 0 amide bonds. The summed E-state index contributed by atoms with van der Waals surface area (Å²) in [5.41, 5.74) is 6.26. The SMILES string of the molecule is CC(CS(C)=O)Nc1ccc(C(N)=S)cc1F. The lowest BCUT2D eigenvalue weighted by atomic mass is 10.2. The molecule has 3 N–H and O–H groups in total. The van der Waals surface area contributed by atoms with Crippen LogP contribution in [0.4, 0.5) is 10.1 Å². The zero-order chi connectivity index (χ0) is 13.0. The Kier molecular flexibility index (Phi) is 5.02. The number of nitrogens with one attached hydrogen (secondary N) is 1.